The molecule has 0 aliphatic carbocycles. The Kier molecular flexibility index (Phi) is 3.97. The van der Waals surface area contributed by atoms with Gasteiger partial charge in [0.05, 0.1) is 26.5 Å². The Morgan fingerprint density at radius 1 is 1.17 bits per heavy atom. The Bertz CT molecular complexity index is 936. The number of anilines is 2. The molecule has 0 saturated heterocycles. The topological polar surface area (TPSA) is 81.0 Å². The van der Waals surface area contributed by atoms with E-state index in [9.17, 15) is 14.5 Å². The molecule has 0 fully saturated rings. The number of rotatable bonds is 3. The van der Waals surface area contributed by atoms with Gasteiger partial charge in [0.15, 0.2) is 0 Å². The van der Waals surface area contributed by atoms with Crippen LogP contribution in [0.25, 0.3) is 10.9 Å². The maximum atomic E-state index is 13.7. The Hall–Kier alpha value is -2.51. The molecule has 3 aromatic rings. The molecular formula is C14H7Cl2FN4O2. The molecule has 0 radical (unpaired) electrons. The fourth-order valence-electron chi connectivity index (χ4n) is 2.02. The highest BCUT2D eigenvalue weighted by molar-refractivity contribution is 6.36. The Morgan fingerprint density at radius 3 is 2.65 bits per heavy atom. The van der Waals surface area contributed by atoms with Crippen molar-refractivity contribution in [2.24, 2.45) is 0 Å². The largest absolute Gasteiger partial charge is 0.338 e. The van der Waals surface area contributed by atoms with E-state index in [0.29, 0.717) is 21.1 Å². The van der Waals surface area contributed by atoms with Crippen molar-refractivity contribution in [3.05, 3.63) is 62.6 Å². The summed E-state index contributed by atoms with van der Waals surface area (Å²) < 4.78 is 13.7. The summed E-state index contributed by atoms with van der Waals surface area (Å²) in [6, 6.07) is 6.87. The van der Waals surface area contributed by atoms with Crippen LogP contribution in [0.4, 0.5) is 21.6 Å². The molecule has 2 aromatic carbocycles. The van der Waals surface area contributed by atoms with E-state index in [2.05, 4.69) is 15.3 Å². The van der Waals surface area contributed by atoms with Crippen LogP contribution in [-0.2, 0) is 0 Å². The number of benzene rings is 2. The molecule has 0 saturated carbocycles. The van der Waals surface area contributed by atoms with Crippen molar-refractivity contribution in [1.82, 2.24) is 9.97 Å². The predicted molar refractivity (Wildman–Crippen MR) is 85.9 cm³/mol. The minimum atomic E-state index is -0.961. The van der Waals surface area contributed by atoms with Crippen LogP contribution >= 0.6 is 23.2 Å². The molecule has 0 atom stereocenters. The average Bonchev–Trinajstić information content (AvgIpc) is 2.49. The van der Waals surface area contributed by atoms with Gasteiger partial charge in [-0.3, -0.25) is 10.1 Å². The summed E-state index contributed by atoms with van der Waals surface area (Å²) in [6.45, 7) is 0. The van der Waals surface area contributed by atoms with Crippen molar-refractivity contribution >= 4 is 51.3 Å². The van der Waals surface area contributed by atoms with E-state index in [1.54, 1.807) is 12.1 Å². The lowest BCUT2D eigenvalue weighted by atomic mass is 10.2. The molecule has 6 nitrogen and oxygen atoms in total. The first-order valence-electron chi connectivity index (χ1n) is 6.26. The molecule has 9 heteroatoms. The van der Waals surface area contributed by atoms with Crippen molar-refractivity contribution < 1.29 is 9.31 Å². The fourth-order valence-corrected chi connectivity index (χ4v) is 2.48. The maximum absolute atomic E-state index is 13.7. The average molecular weight is 353 g/mol. The summed E-state index contributed by atoms with van der Waals surface area (Å²) in [4.78, 5) is 18.0. The molecule has 1 N–H and O–H groups in total. The first-order chi connectivity index (χ1) is 11.0. The fraction of sp³-hybridized carbons (Fsp3) is 0. The second-order valence-electron chi connectivity index (χ2n) is 4.55. The van der Waals surface area contributed by atoms with Gasteiger partial charge in [-0.1, -0.05) is 23.2 Å². The molecule has 1 aromatic heterocycles. The van der Waals surface area contributed by atoms with Gasteiger partial charge in [0.1, 0.15) is 12.1 Å². The SMILES string of the molecule is O=[N+]([O-])c1cc2c(Nc3ccc(Cl)cc3Cl)ncnc2cc1F. The lowest BCUT2D eigenvalue weighted by Gasteiger charge is -2.10. The van der Waals surface area contributed by atoms with Crippen LogP contribution in [0.3, 0.4) is 0 Å². The van der Waals surface area contributed by atoms with E-state index in [-0.39, 0.29) is 11.3 Å². The van der Waals surface area contributed by atoms with Gasteiger partial charge in [-0.15, -0.1) is 0 Å². The van der Waals surface area contributed by atoms with Gasteiger partial charge >= 0.3 is 5.69 Å². The Labute approximate surface area is 139 Å². The predicted octanol–water partition coefficient (Wildman–Crippen LogP) is 4.73. The summed E-state index contributed by atoms with van der Waals surface area (Å²) in [5.74, 6) is -0.695. The van der Waals surface area contributed by atoms with E-state index < -0.39 is 16.4 Å². The van der Waals surface area contributed by atoms with Crippen LogP contribution in [0.5, 0.6) is 0 Å². The molecule has 1 heterocycles. The number of fused-ring (bicyclic) bond motifs is 1. The molecule has 0 spiro atoms. The van der Waals surface area contributed by atoms with Crippen LogP contribution in [0, 0.1) is 15.9 Å². The number of hydrogen-bond donors (Lipinski definition) is 1. The number of hydrogen-bond acceptors (Lipinski definition) is 5. The van der Waals surface area contributed by atoms with E-state index in [0.717, 1.165) is 12.1 Å². The third-order valence-corrected chi connectivity index (χ3v) is 3.63. The summed E-state index contributed by atoms with van der Waals surface area (Å²) in [7, 11) is 0. The number of nitrogens with zero attached hydrogens (tertiary/aromatic N) is 3. The van der Waals surface area contributed by atoms with Crippen LogP contribution in [-0.4, -0.2) is 14.9 Å². The molecule has 0 bridgehead atoms. The van der Waals surface area contributed by atoms with Crippen LogP contribution < -0.4 is 5.32 Å². The van der Waals surface area contributed by atoms with Gasteiger partial charge in [0.25, 0.3) is 0 Å². The third-order valence-electron chi connectivity index (χ3n) is 3.08. The third kappa shape index (κ3) is 3.01. The minimum Gasteiger partial charge on any atom is -0.338 e. The summed E-state index contributed by atoms with van der Waals surface area (Å²) in [5, 5.41) is 14.9. The van der Waals surface area contributed by atoms with Gasteiger partial charge < -0.3 is 5.32 Å². The molecule has 23 heavy (non-hydrogen) atoms. The highest BCUT2D eigenvalue weighted by atomic mass is 35.5. The normalized spacial score (nSPS) is 10.7. The van der Waals surface area contributed by atoms with Gasteiger partial charge in [0, 0.05) is 17.2 Å². The monoisotopic (exact) mass is 352 g/mol. The molecule has 0 aliphatic heterocycles. The van der Waals surface area contributed by atoms with Crippen LogP contribution in [0.15, 0.2) is 36.7 Å². The van der Waals surface area contributed by atoms with E-state index >= 15 is 0 Å². The highest BCUT2D eigenvalue weighted by Gasteiger charge is 2.18. The molecule has 116 valence electrons. The van der Waals surface area contributed by atoms with Crippen LogP contribution in [0.2, 0.25) is 10.0 Å². The summed E-state index contributed by atoms with van der Waals surface area (Å²) in [5.41, 5.74) is 0.0799. The number of aromatic nitrogens is 2. The quantitative estimate of drug-likeness (QED) is 0.544. The molecule has 0 aliphatic rings. The first-order valence-corrected chi connectivity index (χ1v) is 7.02. The van der Waals surface area contributed by atoms with Crippen molar-refractivity contribution in [2.75, 3.05) is 5.32 Å². The van der Waals surface area contributed by atoms with Gasteiger partial charge in [0.2, 0.25) is 5.82 Å². The molecular weight excluding hydrogens is 346 g/mol. The molecule has 3 rings (SSSR count). The molecule has 0 amide bonds. The standard InChI is InChI=1S/C14H7Cl2FN4O2/c15-7-1-2-11(9(16)3-7)20-14-8-4-13(21(22)23)10(17)5-12(8)18-6-19-14/h1-6H,(H,18,19,20). The lowest BCUT2D eigenvalue weighted by molar-refractivity contribution is -0.387. The minimum absolute atomic E-state index is 0.232. The van der Waals surface area contributed by atoms with Gasteiger partial charge in [-0.2, -0.15) is 4.39 Å². The highest BCUT2D eigenvalue weighted by Crippen LogP contribution is 2.32. The maximum Gasteiger partial charge on any atom is 0.305 e. The zero-order valence-electron chi connectivity index (χ0n) is 11.3. The number of nitrogens with one attached hydrogen (secondary N) is 1. The Balaban J connectivity index is 2.13. The lowest BCUT2D eigenvalue weighted by Crippen LogP contribution is -1.99. The second-order valence-corrected chi connectivity index (χ2v) is 5.39. The van der Waals surface area contributed by atoms with Crippen molar-refractivity contribution in [2.45, 2.75) is 0 Å². The zero-order valence-corrected chi connectivity index (χ0v) is 12.8. The molecule has 0 unspecified atom stereocenters. The van der Waals surface area contributed by atoms with Crippen molar-refractivity contribution in [3.8, 4) is 0 Å². The van der Waals surface area contributed by atoms with Crippen molar-refractivity contribution in [1.29, 1.82) is 0 Å². The second kappa shape index (κ2) is 5.94. The van der Waals surface area contributed by atoms with E-state index in [1.807, 2.05) is 0 Å². The van der Waals surface area contributed by atoms with E-state index in [4.69, 9.17) is 23.2 Å². The van der Waals surface area contributed by atoms with Gasteiger partial charge in [-0.05, 0) is 18.2 Å². The smallest absolute Gasteiger partial charge is 0.305 e. The van der Waals surface area contributed by atoms with Crippen LogP contribution in [0.1, 0.15) is 0 Å². The summed E-state index contributed by atoms with van der Waals surface area (Å²) in [6.07, 6.45) is 1.22. The Morgan fingerprint density at radius 2 is 1.96 bits per heavy atom. The zero-order chi connectivity index (χ0) is 16.6. The van der Waals surface area contributed by atoms with Crippen molar-refractivity contribution in [3.63, 3.8) is 0 Å². The van der Waals surface area contributed by atoms with Gasteiger partial charge in [-0.25, -0.2) is 9.97 Å². The first kappa shape index (κ1) is 15.4. The summed E-state index contributed by atoms with van der Waals surface area (Å²) >= 11 is 11.9. The number of nitro groups is 1. The van der Waals surface area contributed by atoms with E-state index in [1.165, 1.54) is 12.4 Å². The number of halogens is 3. The number of nitro benzene ring substituents is 1.